The van der Waals surface area contributed by atoms with Gasteiger partial charge in [0.25, 0.3) is 5.91 Å². The maximum Gasteiger partial charge on any atom is 0.256 e. The minimum absolute atomic E-state index is 0.0806. The smallest absolute Gasteiger partial charge is 0.256 e. The highest BCUT2D eigenvalue weighted by atomic mass is 16.2. The molecule has 1 N–H and O–H groups in total. The van der Waals surface area contributed by atoms with Gasteiger partial charge in [-0.15, -0.1) is 0 Å². The van der Waals surface area contributed by atoms with Crippen LogP contribution >= 0.6 is 0 Å². The number of likely N-dealkylation sites (tertiary alicyclic amines) is 1. The maximum absolute atomic E-state index is 12.6. The molecule has 5 rings (SSSR count). The molecule has 1 aromatic carbocycles. The molecule has 0 bridgehead atoms. The van der Waals surface area contributed by atoms with Crippen molar-refractivity contribution in [3.63, 3.8) is 0 Å². The Balaban J connectivity index is 1.52. The molecule has 8 heteroatoms. The number of hydrogen-bond acceptors (Lipinski definition) is 5. The highest BCUT2D eigenvalue weighted by molar-refractivity contribution is 6.04. The Labute approximate surface area is 203 Å². The van der Waals surface area contributed by atoms with Crippen molar-refractivity contribution in [1.29, 1.82) is 0 Å². The highest BCUT2D eigenvalue weighted by Gasteiger charge is 2.31. The first-order chi connectivity index (χ1) is 17.1. The molecule has 1 saturated heterocycles. The van der Waals surface area contributed by atoms with Crippen LogP contribution in [0.2, 0.25) is 0 Å². The van der Waals surface area contributed by atoms with Crippen molar-refractivity contribution in [2.45, 2.75) is 32.2 Å². The van der Waals surface area contributed by atoms with Crippen LogP contribution in [-0.4, -0.2) is 42.6 Å². The Morgan fingerprint density at radius 1 is 1.11 bits per heavy atom. The summed E-state index contributed by atoms with van der Waals surface area (Å²) in [4.78, 5) is 40.7. The topological polar surface area (TPSA) is 92.5 Å². The second kappa shape index (κ2) is 9.50. The fourth-order valence-electron chi connectivity index (χ4n) is 4.64. The number of piperidine rings is 1. The second-order valence-corrected chi connectivity index (χ2v) is 8.58. The summed E-state index contributed by atoms with van der Waals surface area (Å²) >= 11 is 0. The molecule has 8 nitrogen and oxygen atoms in total. The lowest BCUT2D eigenvalue weighted by atomic mass is 10.0. The van der Waals surface area contributed by atoms with E-state index in [0.717, 1.165) is 47.6 Å². The normalized spacial score (nSPS) is 15.7. The van der Waals surface area contributed by atoms with Gasteiger partial charge in [-0.2, -0.15) is 0 Å². The number of nitrogens with zero attached hydrogens (tertiary/aromatic N) is 5. The predicted octanol–water partition coefficient (Wildman–Crippen LogP) is 4.59. The first kappa shape index (κ1) is 22.5. The number of pyridine rings is 1. The van der Waals surface area contributed by atoms with Gasteiger partial charge in [-0.25, -0.2) is 9.97 Å². The lowest BCUT2D eigenvalue weighted by Crippen LogP contribution is -2.38. The van der Waals surface area contributed by atoms with Gasteiger partial charge < -0.3 is 10.2 Å². The lowest BCUT2D eigenvalue weighted by Gasteiger charge is -2.34. The van der Waals surface area contributed by atoms with E-state index in [-0.39, 0.29) is 17.9 Å². The van der Waals surface area contributed by atoms with Gasteiger partial charge in [0.15, 0.2) is 0 Å². The molecule has 0 radical (unpaired) electrons. The first-order valence-corrected chi connectivity index (χ1v) is 11.7. The van der Waals surface area contributed by atoms with Gasteiger partial charge in [0.2, 0.25) is 5.91 Å². The highest BCUT2D eigenvalue weighted by Crippen LogP contribution is 2.35. The Bertz CT molecular complexity index is 1390. The zero-order valence-corrected chi connectivity index (χ0v) is 19.5. The fraction of sp³-hybridized carbons (Fsp3) is 0.222. The summed E-state index contributed by atoms with van der Waals surface area (Å²) < 4.78 is 2.09. The number of nitrogens with one attached hydrogen (secondary N) is 1. The van der Waals surface area contributed by atoms with Gasteiger partial charge in [0.1, 0.15) is 11.6 Å². The van der Waals surface area contributed by atoms with E-state index in [9.17, 15) is 9.59 Å². The number of rotatable bonds is 5. The summed E-state index contributed by atoms with van der Waals surface area (Å²) in [5.41, 5.74) is 3.96. The van der Waals surface area contributed by atoms with Crippen molar-refractivity contribution in [1.82, 2.24) is 24.3 Å². The number of anilines is 1. The summed E-state index contributed by atoms with van der Waals surface area (Å²) in [5, 5.41) is 2.80. The summed E-state index contributed by atoms with van der Waals surface area (Å²) in [6, 6.07) is 12.5. The maximum atomic E-state index is 12.6. The molecular weight excluding hydrogens is 440 g/mol. The number of imidazole rings is 1. The van der Waals surface area contributed by atoms with Gasteiger partial charge in [-0.05, 0) is 56.5 Å². The molecule has 1 fully saturated rings. The van der Waals surface area contributed by atoms with Crippen LogP contribution < -0.4 is 5.32 Å². The zero-order valence-electron chi connectivity index (χ0n) is 19.5. The molecule has 4 aromatic rings. The van der Waals surface area contributed by atoms with Crippen LogP contribution in [0.4, 0.5) is 5.82 Å². The van der Waals surface area contributed by atoms with E-state index < -0.39 is 0 Å². The number of aromatic nitrogens is 4. The molecule has 1 atom stereocenters. The molecule has 1 unspecified atom stereocenters. The number of fused-ring (bicyclic) bond motifs is 1. The quantitative estimate of drug-likeness (QED) is 0.434. The van der Waals surface area contributed by atoms with Crippen LogP contribution in [0.25, 0.3) is 16.8 Å². The largest absolute Gasteiger partial charge is 0.329 e. The molecule has 4 heterocycles. The van der Waals surface area contributed by atoms with E-state index in [1.54, 1.807) is 42.9 Å². The van der Waals surface area contributed by atoms with E-state index in [4.69, 9.17) is 4.98 Å². The van der Waals surface area contributed by atoms with E-state index >= 15 is 0 Å². The Hall–Kier alpha value is -4.33. The van der Waals surface area contributed by atoms with Gasteiger partial charge in [0.05, 0.1) is 23.4 Å². The zero-order chi connectivity index (χ0) is 24.4. The third-order valence-electron chi connectivity index (χ3n) is 6.34. The van der Waals surface area contributed by atoms with Crippen LogP contribution in [-0.2, 0) is 4.79 Å². The van der Waals surface area contributed by atoms with Gasteiger partial charge in [-0.1, -0.05) is 24.8 Å². The Kier molecular flexibility index (Phi) is 6.10. The van der Waals surface area contributed by atoms with Gasteiger partial charge >= 0.3 is 0 Å². The summed E-state index contributed by atoms with van der Waals surface area (Å²) in [5.74, 6) is 1.01. The van der Waals surface area contributed by atoms with Gasteiger partial charge in [-0.3, -0.25) is 19.0 Å². The Morgan fingerprint density at radius 3 is 2.69 bits per heavy atom. The lowest BCUT2D eigenvalue weighted by molar-refractivity contribution is -0.129. The van der Waals surface area contributed by atoms with Crippen LogP contribution in [0.5, 0.6) is 0 Å². The van der Waals surface area contributed by atoms with Crippen molar-refractivity contribution in [3.05, 3.63) is 90.8 Å². The van der Waals surface area contributed by atoms with E-state index in [2.05, 4.69) is 26.3 Å². The minimum atomic E-state index is -0.232. The molecule has 0 saturated carbocycles. The minimum Gasteiger partial charge on any atom is -0.329 e. The van der Waals surface area contributed by atoms with Crippen molar-refractivity contribution in [2.24, 2.45) is 0 Å². The number of aryl methyl sites for hydroxylation is 1. The van der Waals surface area contributed by atoms with Crippen LogP contribution in [0.1, 0.15) is 47.2 Å². The average molecular weight is 467 g/mol. The van der Waals surface area contributed by atoms with E-state index in [0.29, 0.717) is 17.9 Å². The van der Waals surface area contributed by atoms with Crippen molar-refractivity contribution in [3.8, 4) is 11.3 Å². The summed E-state index contributed by atoms with van der Waals surface area (Å²) in [6.07, 6.45) is 9.43. The molecular formula is C27H26N6O2. The van der Waals surface area contributed by atoms with E-state index in [1.165, 1.54) is 6.08 Å². The molecule has 35 heavy (non-hydrogen) atoms. The standard InChI is InChI=1S/C27H26N6O2/c1-3-24(34)32-15-7-5-8-21(32)26-31-25(22-17-28-16-18(2)33(22)26)19-10-12-20(13-11-19)27(35)30-23-9-4-6-14-29-23/h3-4,6,9-14,16-17,21H,1,5,7-8,15H2,2H3,(H,29,30,35). The first-order valence-electron chi connectivity index (χ1n) is 11.7. The fourth-order valence-corrected chi connectivity index (χ4v) is 4.64. The average Bonchev–Trinajstić information content (AvgIpc) is 3.30. The summed E-state index contributed by atoms with van der Waals surface area (Å²) in [7, 11) is 0. The third kappa shape index (κ3) is 4.30. The van der Waals surface area contributed by atoms with Crippen LogP contribution in [0, 0.1) is 6.92 Å². The number of carbonyl (C=O) groups excluding carboxylic acids is 2. The third-order valence-corrected chi connectivity index (χ3v) is 6.34. The second-order valence-electron chi connectivity index (χ2n) is 8.58. The van der Waals surface area contributed by atoms with Crippen LogP contribution in [0.3, 0.4) is 0 Å². The molecule has 0 spiro atoms. The van der Waals surface area contributed by atoms with E-state index in [1.807, 2.05) is 30.0 Å². The predicted molar refractivity (Wildman–Crippen MR) is 134 cm³/mol. The number of benzene rings is 1. The van der Waals surface area contributed by atoms with Gasteiger partial charge in [0, 0.05) is 35.8 Å². The Morgan fingerprint density at radius 2 is 1.94 bits per heavy atom. The molecule has 3 aromatic heterocycles. The van der Waals surface area contributed by atoms with Crippen molar-refractivity contribution in [2.75, 3.05) is 11.9 Å². The number of hydrogen-bond donors (Lipinski definition) is 1. The number of carbonyl (C=O) groups is 2. The molecule has 1 aliphatic heterocycles. The molecule has 176 valence electrons. The molecule has 0 aliphatic carbocycles. The monoisotopic (exact) mass is 466 g/mol. The van der Waals surface area contributed by atoms with Crippen molar-refractivity contribution < 1.29 is 9.59 Å². The summed E-state index contributed by atoms with van der Waals surface area (Å²) in [6.45, 7) is 6.35. The number of amides is 2. The van der Waals surface area contributed by atoms with Crippen molar-refractivity contribution >= 4 is 23.1 Å². The molecule has 1 aliphatic rings. The SMILES string of the molecule is C=CC(=O)N1CCCCC1c1nc(-c2ccc(C(=O)Nc3ccccn3)cc2)c2cncc(C)n12. The molecule has 2 amide bonds. The van der Waals surface area contributed by atoms with Crippen LogP contribution in [0.15, 0.2) is 73.7 Å².